The van der Waals surface area contributed by atoms with E-state index >= 15 is 0 Å². The predicted octanol–water partition coefficient (Wildman–Crippen LogP) is 1.53. The maximum atomic E-state index is 8.15. The Balaban J connectivity index is 2.53. The van der Waals surface area contributed by atoms with Gasteiger partial charge in [-0.05, 0) is 12.1 Å². The van der Waals surface area contributed by atoms with Gasteiger partial charge in [-0.25, -0.2) is 0 Å². The van der Waals surface area contributed by atoms with E-state index < -0.39 is 0 Å². The minimum Gasteiger partial charge on any atom is -0.360 e. The molecule has 3 heteroatoms. The first-order chi connectivity index (χ1) is 5.43. The van der Waals surface area contributed by atoms with E-state index in [1.165, 1.54) is 6.08 Å². The summed E-state index contributed by atoms with van der Waals surface area (Å²) in [5.41, 5.74) is 0.874. The second-order valence-corrected chi connectivity index (χ2v) is 1.85. The highest BCUT2D eigenvalue weighted by Gasteiger charge is 1.82. The topological polar surface area (TPSA) is 48.7 Å². The first kappa shape index (κ1) is 7.29. The summed E-state index contributed by atoms with van der Waals surface area (Å²) in [7, 11) is 0. The summed E-state index contributed by atoms with van der Waals surface area (Å²) in [4.78, 5) is 3.88. The lowest BCUT2D eigenvalue weighted by atomic mass is 10.4. The molecule has 54 valence electrons. The van der Waals surface area contributed by atoms with Gasteiger partial charge in [0.2, 0.25) is 0 Å². The van der Waals surface area contributed by atoms with Crippen LogP contribution in [-0.2, 0) is 0 Å². The number of anilines is 1. The summed E-state index contributed by atoms with van der Waals surface area (Å²) in [5.74, 6) is 0. The van der Waals surface area contributed by atoms with Crippen LogP contribution in [0.15, 0.2) is 36.8 Å². The number of nitrogens with one attached hydrogen (secondary N) is 1. The number of rotatable bonds is 2. The third-order valence-corrected chi connectivity index (χ3v) is 1.07. The summed E-state index contributed by atoms with van der Waals surface area (Å²) >= 11 is 0. The zero-order chi connectivity index (χ0) is 7.94. The van der Waals surface area contributed by atoms with E-state index in [0.717, 1.165) is 5.69 Å². The van der Waals surface area contributed by atoms with Gasteiger partial charge in [0.05, 0.1) is 18.0 Å². The standard InChI is InChI=1S/C8H7N3/c9-4-2-6-11-8-3-1-5-10-7-8/h1-3,5-7,11H. The van der Waals surface area contributed by atoms with Gasteiger partial charge < -0.3 is 5.32 Å². The van der Waals surface area contributed by atoms with Crippen LogP contribution in [0.2, 0.25) is 0 Å². The van der Waals surface area contributed by atoms with Crippen molar-refractivity contribution in [3.05, 3.63) is 36.8 Å². The largest absolute Gasteiger partial charge is 0.360 e. The molecule has 0 unspecified atom stereocenters. The molecule has 0 aliphatic heterocycles. The number of allylic oxidation sites excluding steroid dienone is 1. The van der Waals surface area contributed by atoms with Crippen LogP contribution in [0.25, 0.3) is 0 Å². The molecule has 1 N–H and O–H groups in total. The van der Waals surface area contributed by atoms with Gasteiger partial charge in [0.1, 0.15) is 0 Å². The predicted molar refractivity (Wildman–Crippen MR) is 42.6 cm³/mol. The van der Waals surface area contributed by atoms with Gasteiger partial charge >= 0.3 is 0 Å². The SMILES string of the molecule is N#CC=CNc1cccnc1. The number of nitrogens with zero attached hydrogens (tertiary/aromatic N) is 2. The summed E-state index contributed by atoms with van der Waals surface area (Å²) in [6, 6.07) is 5.57. The average Bonchev–Trinajstić information content (AvgIpc) is 2.07. The first-order valence-electron chi connectivity index (χ1n) is 3.14. The fourth-order valence-corrected chi connectivity index (χ4v) is 0.623. The molecule has 1 aromatic rings. The van der Waals surface area contributed by atoms with E-state index in [0.29, 0.717) is 0 Å². The van der Waals surface area contributed by atoms with Crippen molar-refractivity contribution in [3.63, 3.8) is 0 Å². The summed E-state index contributed by atoms with van der Waals surface area (Å²) in [5, 5.41) is 11.0. The van der Waals surface area contributed by atoms with Crippen molar-refractivity contribution in [3.8, 4) is 6.07 Å². The van der Waals surface area contributed by atoms with Gasteiger partial charge in [-0.15, -0.1) is 0 Å². The third kappa shape index (κ3) is 2.50. The molecule has 0 saturated carbocycles. The van der Waals surface area contributed by atoms with E-state index in [1.54, 1.807) is 18.6 Å². The van der Waals surface area contributed by atoms with Gasteiger partial charge in [-0.1, -0.05) is 0 Å². The quantitative estimate of drug-likeness (QED) is 0.642. The molecule has 0 aliphatic carbocycles. The summed E-state index contributed by atoms with van der Waals surface area (Å²) in [6.45, 7) is 0. The molecular formula is C8H7N3. The number of hydrogen-bond acceptors (Lipinski definition) is 3. The van der Waals surface area contributed by atoms with Gasteiger partial charge in [-0.2, -0.15) is 5.26 Å². The van der Waals surface area contributed by atoms with Crippen molar-refractivity contribution in [2.75, 3.05) is 5.32 Å². The number of pyridine rings is 1. The first-order valence-corrected chi connectivity index (χ1v) is 3.14. The van der Waals surface area contributed by atoms with Crippen LogP contribution in [-0.4, -0.2) is 4.98 Å². The molecule has 0 radical (unpaired) electrons. The lowest BCUT2D eigenvalue weighted by Crippen LogP contribution is -1.86. The van der Waals surface area contributed by atoms with Crippen molar-refractivity contribution in [1.82, 2.24) is 4.98 Å². The zero-order valence-corrected chi connectivity index (χ0v) is 5.86. The maximum absolute atomic E-state index is 8.15. The fourth-order valence-electron chi connectivity index (χ4n) is 0.623. The monoisotopic (exact) mass is 145 g/mol. The van der Waals surface area contributed by atoms with Crippen molar-refractivity contribution < 1.29 is 0 Å². The second-order valence-electron chi connectivity index (χ2n) is 1.85. The van der Waals surface area contributed by atoms with E-state index in [-0.39, 0.29) is 0 Å². The van der Waals surface area contributed by atoms with Crippen molar-refractivity contribution in [2.45, 2.75) is 0 Å². The number of hydrogen-bond donors (Lipinski definition) is 1. The Hall–Kier alpha value is -1.82. The number of aromatic nitrogens is 1. The fraction of sp³-hybridized carbons (Fsp3) is 0. The molecule has 1 rings (SSSR count). The number of nitriles is 1. The summed E-state index contributed by atoms with van der Waals surface area (Å²) < 4.78 is 0. The van der Waals surface area contributed by atoms with E-state index in [9.17, 15) is 0 Å². The molecule has 11 heavy (non-hydrogen) atoms. The van der Waals surface area contributed by atoms with Crippen LogP contribution < -0.4 is 5.32 Å². The Kier molecular flexibility index (Phi) is 2.70. The highest BCUT2D eigenvalue weighted by molar-refractivity contribution is 5.42. The van der Waals surface area contributed by atoms with Gasteiger partial charge in [-0.3, -0.25) is 4.98 Å². The average molecular weight is 145 g/mol. The minimum atomic E-state index is 0.874. The Morgan fingerprint density at radius 1 is 1.64 bits per heavy atom. The van der Waals surface area contributed by atoms with Crippen LogP contribution >= 0.6 is 0 Å². The van der Waals surface area contributed by atoms with Crippen molar-refractivity contribution in [2.24, 2.45) is 0 Å². The molecule has 1 aromatic heterocycles. The van der Waals surface area contributed by atoms with E-state index in [4.69, 9.17) is 5.26 Å². The molecule has 0 spiro atoms. The Bertz CT molecular complexity index is 271. The smallest absolute Gasteiger partial charge is 0.0927 e. The Labute approximate surface area is 65.0 Å². The van der Waals surface area contributed by atoms with E-state index in [1.807, 2.05) is 18.2 Å². The van der Waals surface area contributed by atoms with Crippen LogP contribution in [0.5, 0.6) is 0 Å². The molecule has 3 nitrogen and oxygen atoms in total. The highest BCUT2D eigenvalue weighted by Crippen LogP contribution is 2.01. The normalized spacial score (nSPS) is 9.36. The van der Waals surface area contributed by atoms with Crippen LogP contribution in [0.1, 0.15) is 0 Å². The second kappa shape index (κ2) is 4.07. The molecule has 0 aliphatic rings. The molecule has 0 saturated heterocycles. The van der Waals surface area contributed by atoms with Crippen LogP contribution in [0.3, 0.4) is 0 Å². The maximum Gasteiger partial charge on any atom is 0.0927 e. The molecule has 0 amide bonds. The van der Waals surface area contributed by atoms with E-state index in [2.05, 4.69) is 10.3 Å². The van der Waals surface area contributed by atoms with Crippen LogP contribution in [0.4, 0.5) is 5.69 Å². The highest BCUT2D eigenvalue weighted by atomic mass is 14.9. The zero-order valence-electron chi connectivity index (χ0n) is 5.86. The molecule has 0 bridgehead atoms. The van der Waals surface area contributed by atoms with Gasteiger partial charge in [0.15, 0.2) is 0 Å². The van der Waals surface area contributed by atoms with Crippen LogP contribution in [0, 0.1) is 11.3 Å². The lowest BCUT2D eigenvalue weighted by molar-refractivity contribution is 1.32. The molecule has 1 heterocycles. The summed E-state index contributed by atoms with van der Waals surface area (Å²) in [6.07, 6.45) is 6.31. The molecule has 0 aromatic carbocycles. The third-order valence-electron chi connectivity index (χ3n) is 1.07. The van der Waals surface area contributed by atoms with Gasteiger partial charge in [0, 0.05) is 18.5 Å². The Morgan fingerprint density at radius 2 is 2.55 bits per heavy atom. The lowest BCUT2D eigenvalue weighted by Gasteiger charge is -1.95. The minimum absolute atomic E-state index is 0.874. The molecule has 0 fully saturated rings. The molecule has 0 atom stereocenters. The van der Waals surface area contributed by atoms with Gasteiger partial charge in [0.25, 0.3) is 0 Å². The molecular weight excluding hydrogens is 138 g/mol. The Morgan fingerprint density at radius 3 is 3.18 bits per heavy atom. The van der Waals surface area contributed by atoms with Crippen molar-refractivity contribution >= 4 is 5.69 Å². The van der Waals surface area contributed by atoms with Crippen molar-refractivity contribution in [1.29, 1.82) is 5.26 Å².